The highest BCUT2D eigenvalue weighted by Crippen LogP contribution is 2.32. The number of carbonyl (C=O) groups is 2. The van der Waals surface area contributed by atoms with Gasteiger partial charge in [0.05, 0.1) is 37.9 Å². The van der Waals surface area contributed by atoms with Gasteiger partial charge in [-0.2, -0.15) is 0 Å². The van der Waals surface area contributed by atoms with E-state index in [2.05, 4.69) is 11.9 Å². The molecule has 1 aliphatic carbocycles. The fourth-order valence-electron chi connectivity index (χ4n) is 5.38. The van der Waals surface area contributed by atoms with E-state index in [1.54, 1.807) is 0 Å². The molecule has 2 amide bonds. The van der Waals surface area contributed by atoms with Crippen molar-refractivity contribution in [3.05, 3.63) is 0 Å². The highest BCUT2D eigenvalue weighted by atomic mass is 16.5. The highest BCUT2D eigenvalue weighted by molar-refractivity contribution is 5.79. The molecule has 1 N–H and O–H groups in total. The van der Waals surface area contributed by atoms with Gasteiger partial charge in [0.1, 0.15) is 6.10 Å². The third kappa shape index (κ3) is 5.15. The molecular weight excluding hydrogens is 386 g/mol. The summed E-state index contributed by atoms with van der Waals surface area (Å²) in [7, 11) is 2.08. The van der Waals surface area contributed by atoms with E-state index in [1.807, 2.05) is 9.80 Å². The standard InChI is InChI=1S/C22H37N3O5/c1-23-8-10-24(11-9-23)21(27)12-18-6-7-19-20(30-18)15-29-14-17(26)13-25(19)22(28)16-4-2-3-5-16/h16-20,26H,2-15H2,1H3/t17-,18-,19+,20-/m1/s1. The van der Waals surface area contributed by atoms with Crippen LogP contribution in [-0.2, 0) is 19.1 Å². The zero-order chi connectivity index (χ0) is 21.1. The fourth-order valence-corrected chi connectivity index (χ4v) is 5.38. The number of hydrogen-bond donors (Lipinski definition) is 1. The number of nitrogens with zero attached hydrogens (tertiary/aromatic N) is 3. The Bertz CT molecular complexity index is 604. The summed E-state index contributed by atoms with van der Waals surface area (Å²) in [5.74, 6) is 0.404. The minimum absolute atomic E-state index is 0.0785. The van der Waals surface area contributed by atoms with Gasteiger partial charge in [0.2, 0.25) is 11.8 Å². The molecule has 3 heterocycles. The van der Waals surface area contributed by atoms with E-state index in [9.17, 15) is 14.7 Å². The van der Waals surface area contributed by atoms with Gasteiger partial charge in [-0.25, -0.2) is 0 Å². The van der Waals surface area contributed by atoms with E-state index >= 15 is 0 Å². The minimum atomic E-state index is -0.659. The predicted molar refractivity (Wildman–Crippen MR) is 111 cm³/mol. The number of aliphatic hydroxyl groups excluding tert-OH is 1. The van der Waals surface area contributed by atoms with E-state index in [4.69, 9.17) is 9.47 Å². The van der Waals surface area contributed by atoms with Crippen molar-refractivity contribution < 1.29 is 24.2 Å². The molecule has 4 rings (SSSR count). The Morgan fingerprint density at radius 2 is 1.73 bits per heavy atom. The lowest BCUT2D eigenvalue weighted by atomic mass is 9.93. The molecule has 0 bridgehead atoms. The Balaban J connectivity index is 1.38. The topological polar surface area (TPSA) is 82.6 Å². The number of aliphatic hydroxyl groups is 1. The molecule has 0 radical (unpaired) electrons. The number of β-amino-alcohol motifs (C(OH)–C–C–N with tert-alkyl or cyclic N) is 1. The quantitative estimate of drug-likeness (QED) is 0.711. The molecule has 3 saturated heterocycles. The first kappa shape index (κ1) is 22.0. The predicted octanol–water partition coefficient (Wildman–Crippen LogP) is 0.477. The smallest absolute Gasteiger partial charge is 0.226 e. The summed E-state index contributed by atoms with van der Waals surface area (Å²) in [6.45, 7) is 4.26. The number of ether oxygens (including phenoxy) is 2. The number of fused-ring (bicyclic) bond motifs is 1. The minimum Gasteiger partial charge on any atom is -0.389 e. The van der Waals surface area contributed by atoms with Crippen LogP contribution in [0.2, 0.25) is 0 Å². The molecule has 0 unspecified atom stereocenters. The lowest BCUT2D eigenvalue weighted by Crippen LogP contribution is -2.58. The second-order valence-corrected chi connectivity index (χ2v) is 9.49. The first-order chi connectivity index (χ1) is 14.5. The molecule has 4 atom stereocenters. The van der Waals surface area contributed by atoms with Gasteiger partial charge >= 0.3 is 0 Å². The molecule has 170 valence electrons. The third-order valence-corrected chi connectivity index (χ3v) is 7.23. The van der Waals surface area contributed by atoms with Crippen molar-refractivity contribution in [3.8, 4) is 0 Å². The summed E-state index contributed by atoms with van der Waals surface area (Å²) in [6.07, 6.45) is 5.03. The molecular formula is C22H37N3O5. The van der Waals surface area contributed by atoms with Crippen molar-refractivity contribution in [2.45, 2.75) is 69.3 Å². The third-order valence-electron chi connectivity index (χ3n) is 7.23. The average molecular weight is 424 g/mol. The van der Waals surface area contributed by atoms with Gasteiger partial charge in [-0.1, -0.05) is 12.8 Å². The summed E-state index contributed by atoms with van der Waals surface area (Å²) in [6, 6.07) is -0.0805. The summed E-state index contributed by atoms with van der Waals surface area (Å²) in [5, 5.41) is 10.3. The van der Waals surface area contributed by atoms with E-state index in [1.165, 1.54) is 0 Å². The van der Waals surface area contributed by atoms with Crippen LogP contribution < -0.4 is 0 Å². The van der Waals surface area contributed by atoms with Crippen LogP contribution in [0.5, 0.6) is 0 Å². The zero-order valence-electron chi connectivity index (χ0n) is 18.2. The maximum Gasteiger partial charge on any atom is 0.226 e. The number of piperazine rings is 1. The first-order valence-corrected chi connectivity index (χ1v) is 11.7. The van der Waals surface area contributed by atoms with Crippen molar-refractivity contribution in [2.24, 2.45) is 5.92 Å². The van der Waals surface area contributed by atoms with Crippen molar-refractivity contribution >= 4 is 11.8 Å². The van der Waals surface area contributed by atoms with E-state index < -0.39 is 6.10 Å². The van der Waals surface area contributed by atoms with E-state index in [0.29, 0.717) is 19.6 Å². The van der Waals surface area contributed by atoms with Gasteiger partial charge in [-0.15, -0.1) is 0 Å². The highest BCUT2D eigenvalue weighted by Gasteiger charge is 2.42. The molecule has 8 heteroatoms. The van der Waals surface area contributed by atoms with Crippen molar-refractivity contribution in [3.63, 3.8) is 0 Å². The Labute approximate surface area is 179 Å². The SMILES string of the molecule is CN1CCN(C(=O)C[C@H]2CC[C@H]3[C@@H](COC[C@H](O)CN3C(=O)C3CCCC3)O2)CC1. The Morgan fingerprint density at radius 1 is 1.00 bits per heavy atom. The van der Waals surface area contributed by atoms with Gasteiger partial charge in [0.15, 0.2) is 0 Å². The summed E-state index contributed by atoms with van der Waals surface area (Å²) in [5.41, 5.74) is 0. The summed E-state index contributed by atoms with van der Waals surface area (Å²) < 4.78 is 12.0. The Hall–Kier alpha value is -1.22. The molecule has 1 saturated carbocycles. The van der Waals surface area contributed by atoms with Crippen molar-refractivity contribution in [2.75, 3.05) is 53.0 Å². The van der Waals surface area contributed by atoms with E-state index in [-0.39, 0.29) is 42.6 Å². The largest absolute Gasteiger partial charge is 0.389 e. The molecule has 30 heavy (non-hydrogen) atoms. The van der Waals surface area contributed by atoms with Crippen LogP contribution in [-0.4, -0.2) is 109 Å². The Morgan fingerprint density at radius 3 is 2.47 bits per heavy atom. The average Bonchev–Trinajstić information content (AvgIpc) is 3.26. The molecule has 0 aromatic heterocycles. The van der Waals surface area contributed by atoms with Crippen molar-refractivity contribution in [1.29, 1.82) is 0 Å². The maximum absolute atomic E-state index is 13.2. The van der Waals surface area contributed by atoms with Crippen molar-refractivity contribution in [1.82, 2.24) is 14.7 Å². The van der Waals surface area contributed by atoms with Crippen LogP contribution in [0, 0.1) is 5.92 Å². The van der Waals surface area contributed by atoms with Gasteiger partial charge < -0.3 is 29.3 Å². The molecule has 0 spiro atoms. The van der Waals surface area contributed by atoms with Gasteiger partial charge in [0, 0.05) is 38.6 Å². The molecule has 4 fully saturated rings. The molecule has 4 aliphatic rings. The number of amides is 2. The zero-order valence-corrected chi connectivity index (χ0v) is 18.2. The van der Waals surface area contributed by atoms with Crippen LogP contribution in [0.25, 0.3) is 0 Å². The lowest BCUT2D eigenvalue weighted by molar-refractivity contribution is -0.173. The molecule has 0 aromatic rings. The van der Waals surface area contributed by atoms with Gasteiger partial charge in [0.25, 0.3) is 0 Å². The van der Waals surface area contributed by atoms with Gasteiger partial charge in [-0.3, -0.25) is 9.59 Å². The molecule has 3 aliphatic heterocycles. The summed E-state index contributed by atoms with van der Waals surface area (Å²) in [4.78, 5) is 32.0. The van der Waals surface area contributed by atoms with Crippen LogP contribution in [0.3, 0.4) is 0 Å². The fraction of sp³-hybridized carbons (Fsp3) is 0.909. The van der Waals surface area contributed by atoms with Crippen LogP contribution in [0.15, 0.2) is 0 Å². The number of likely N-dealkylation sites (N-methyl/N-ethyl adjacent to an activating group) is 1. The first-order valence-electron chi connectivity index (χ1n) is 11.7. The molecule has 8 nitrogen and oxygen atoms in total. The molecule has 0 aromatic carbocycles. The second-order valence-electron chi connectivity index (χ2n) is 9.49. The lowest BCUT2D eigenvalue weighted by Gasteiger charge is -2.45. The van der Waals surface area contributed by atoms with Crippen LogP contribution in [0.1, 0.15) is 44.9 Å². The number of carbonyl (C=O) groups excluding carboxylic acids is 2. The number of hydrogen-bond acceptors (Lipinski definition) is 6. The van der Waals surface area contributed by atoms with Gasteiger partial charge in [-0.05, 0) is 32.7 Å². The normalized spacial score (nSPS) is 34.3. The van der Waals surface area contributed by atoms with Crippen LogP contribution >= 0.6 is 0 Å². The monoisotopic (exact) mass is 423 g/mol. The van der Waals surface area contributed by atoms with E-state index in [0.717, 1.165) is 64.7 Å². The maximum atomic E-state index is 13.2. The Kier molecular flexibility index (Phi) is 7.28. The number of rotatable bonds is 3. The second kappa shape index (κ2) is 9.94. The summed E-state index contributed by atoms with van der Waals surface area (Å²) >= 11 is 0. The van der Waals surface area contributed by atoms with Crippen LogP contribution in [0.4, 0.5) is 0 Å².